The molecule has 4 heteroatoms. The molecule has 0 spiro atoms. The summed E-state index contributed by atoms with van der Waals surface area (Å²) in [5.41, 5.74) is 4.50. The minimum Gasteiger partial charge on any atom is -0.364 e. The molecular formula is C21H20ClN3. The van der Waals surface area contributed by atoms with Crippen molar-refractivity contribution in [2.45, 2.75) is 19.9 Å². The summed E-state index contributed by atoms with van der Waals surface area (Å²) in [6.45, 7) is 5.30. The Morgan fingerprint density at radius 2 is 2.00 bits per heavy atom. The summed E-state index contributed by atoms with van der Waals surface area (Å²) in [6.07, 6.45) is 4.05. The Balaban J connectivity index is 1.77. The predicted molar refractivity (Wildman–Crippen MR) is 106 cm³/mol. The number of nitrogens with one attached hydrogen (secondary N) is 1. The molecule has 1 atom stereocenters. The topological polar surface area (TPSA) is 31.9 Å². The SMILES string of the molecule is CCN(c1cnc2ccccc2c1)C(C)c1c[nH]c2ccc(Cl)cc12. The van der Waals surface area contributed by atoms with E-state index in [0.29, 0.717) is 0 Å². The zero-order valence-electron chi connectivity index (χ0n) is 14.3. The van der Waals surface area contributed by atoms with Crippen molar-refractivity contribution in [2.75, 3.05) is 11.4 Å². The molecular weight excluding hydrogens is 330 g/mol. The van der Waals surface area contributed by atoms with Crippen LogP contribution in [0.5, 0.6) is 0 Å². The van der Waals surface area contributed by atoms with Crippen molar-refractivity contribution in [1.29, 1.82) is 0 Å². The number of pyridine rings is 1. The molecule has 2 aromatic heterocycles. The number of rotatable bonds is 4. The van der Waals surface area contributed by atoms with Crippen LogP contribution in [0, 0.1) is 0 Å². The molecule has 4 rings (SSSR count). The normalized spacial score (nSPS) is 12.6. The first-order valence-corrected chi connectivity index (χ1v) is 8.93. The van der Waals surface area contributed by atoms with Gasteiger partial charge >= 0.3 is 0 Å². The standard InChI is InChI=1S/C21H20ClN3/c1-3-25(17-10-15-6-4-5-7-20(15)23-12-17)14(2)19-13-24-21-9-8-16(22)11-18(19)21/h4-14,24H,3H2,1-2H3. The van der Waals surface area contributed by atoms with Gasteiger partial charge in [0.05, 0.1) is 23.4 Å². The van der Waals surface area contributed by atoms with Gasteiger partial charge < -0.3 is 9.88 Å². The lowest BCUT2D eigenvalue weighted by molar-refractivity contribution is 0.694. The minimum absolute atomic E-state index is 0.208. The average Bonchev–Trinajstić information content (AvgIpc) is 3.05. The van der Waals surface area contributed by atoms with Crippen molar-refractivity contribution in [3.8, 4) is 0 Å². The number of nitrogens with zero attached hydrogens (tertiary/aromatic N) is 2. The lowest BCUT2D eigenvalue weighted by atomic mass is 10.0. The number of hydrogen-bond acceptors (Lipinski definition) is 2. The number of benzene rings is 2. The highest BCUT2D eigenvalue weighted by atomic mass is 35.5. The smallest absolute Gasteiger partial charge is 0.0703 e. The molecule has 0 aliphatic heterocycles. The van der Waals surface area contributed by atoms with Crippen molar-refractivity contribution >= 4 is 39.1 Å². The van der Waals surface area contributed by atoms with Gasteiger partial charge in [-0.3, -0.25) is 4.98 Å². The van der Waals surface area contributed by atoms with Crippen LogP contribution in [0.15, 0.2) is 60.9 Å². The lowest BCUT2D eigenvalue weighted by Gasteiger charge is -2.30. The number of halogens is 1. The molecule has 0 radical (unpaired) electrons. The zero-order valence-corrected chi connectivity index (χ0v) is 15.1. The first kappa shape index (κ1) is 16.0. The third-order valence-electron chi connectivity index (χ3n) is 4.84. The summed E-state index contributed by atoms with van der Waals surface area (Å²) >= 11 is 6.21. The van der Waals surface area contributed by atoms with Crippen molar-refractivity contribution in [1.82, 2.24) is 9.97 Å². The van der Waals surface area contributed by atoms with E-state index in [1.807, 2.05) is 36.5 Å². The van der Waals surface area contributed by atoms with Crippen molar-refractivity contribution < 1.29 is 0 Å². The van der Waals surface area contributed by atoms with E-state index in [9.17, 15) is 0 Å². The number of para-hydroxylation sites is 1. The van der Waals surface area contributed by atoms with Crippen LogP contribution in [0.3, 0.4) is 0 Å². The summed E-state index contributed by atoms with van der Waals surface area (Å²) in [6, 6.07) is 16.6. The number of aromatic nitrogens is 2. The molecule has 0 saturated carbocycles. The fourth-order valence-corrected chi connectivity index (χ4v) is 3.70. The van der Waals surface area contributed by atoms with Crippen LogP contribution in [0.25, 0.3) is 21.8 Å². The number of hydrogen-bond donors (Lipinski definition) is 1. The van der Waals surface area contributed by atoms with Gasteiger partial charge in [-0.15, -0.1) is 0 Å². The van der Waals surface area contributed by atoms with Gasteiger partial charge in [-0.05, 0) is 49.7 Å². The Labute approximate surface area is 152 Å². The minimum atomic E-state index is 0.208. The molecule has 0 bridgehead atoms. The fraction of sp³-hybridized carbons (Fsp3) is 0.190. The highest BCUT2D eigenvalue weighted by molar-refractivity contribution is 6.31. The molecule has 1 N–H and O–H groups in total. The Bertz CT molecular complexity index is 1040. The van der Waals surface area contributed by atoms with Gasteiger partial charge in [-0.1, -0.05) is 29.8 Å². The molecule has 2 aromatic carbocycles. The number of H-pyrrole nitrogens is 1. The van der Waals surface area contributed by atoms with Gasteiger partial charge in [-0.25, -0.2) is 0 Å². The molecule has 0 saturated heterocycles. The third-order valence-corrected chi connectivity index (χ3v) is 5.08. The molecule has 25 heavy (non-hydrogen) atoms. The second-order valence-electron chi connectivity index (χ2n) is 6.28. The Morgan fingerprint density at radius 3 is 2.84 bits per heavy atom. The van der Waals surface area contributed by atoms with Gasteiger partial charge in [0.15, 0.2) is 0 Å². The monoisotopic (exact) mass is 349 g/mol. The van der Waals surface area contributed by atoms with Crippen LogP contribution < -0.4 is 4.90 Å². The highest BCUT2D eigenvalue weighted by Gasteiger charge is 2.19. The lowest BCUT2D eigenvalue weighted by Crippen LogP contribution is -2.26. The third kappa shape index (κ3) is 2.85. The molecule has 1 unspecified atom stereocenters. The van der Waals surface area contributed by atoms with E-state index in [2.05, 4.69) is 53.1 Å². The summed E-state index contributed by atoms with van der Waals surface area (Å²) in [5, 5.41) is 3.09. The Hall–Kier alpha value is -2.52. The van der Waals surface area contributed by atoms with Crippen LogP contribution in [0.4, 0.5) is 5.69 Å². The highest BCUT2D eigenvalue weighted by Crippen LogP contribution is 2.33. The van der Waals surface area contributed by atoms with Crippen LogP contribution in [-0.4, -0.2) is 16.5 Å². The van der Waals surface area contributed by atoms with Crippen molar-refractivity contribution in [2.24, 2.45) is 0 Å². The number of anilines is 1. The molecule has 0 aliphatic rings. The Kier molecular flexibility index (Phi) is 4.10. The maximum Gasteiger partial charge on any atom is 0.0703 e. The molecule has 2 heterocycles. The van der Waals surface area contributed by atoms with Gasteiger partial charge in [0.25, 0.3) is 0 Å². The molecule has 3 nitrogen and oxygen atoms in total. The van der Waals surface area contributed by atoms with E-state index < -0.39 is 0 Å². The first-order valence-electron chi connectivity index (χ1n) is 8.55. The summed E-state index contributed by atoms with van der Waals surface area (Å²) in [4.78, 5) is 10.3. The molecule has 0 fully saturated rings. The maximum atomic E-state index is 6.21. The van der Waals surface area contributed by atoms with E-state index in [4.69, 9.17) is 11.6 Å². The fourth-order valence-electron chi connectivity index (χ4n) is 3.52. The number of aromatic amines is 1. The van der Waals surface area contributed by atoms with Gasteiger partial charge in [0.2, 0.25) is 0 Å². The zero-order chi connectivity index (χ0) is 17.4. The Morgan fingerprint density at radius 1 is 1.16 bits per heavy atom. The van der Waals surface area contributed by atoms with E-state index in [0.717, 1.165) is 33.7 Å². The largest absolute Gasteiger partial charge is 0.364 e. The van der Waals surface area contributed by atoms with Crippen LogP contribution in [0.2, 0.25) is 5.02 Å². The quantitative estimate of drug-likeness (QED) is 0.493. The van der Waals surface area contributed by atoms with Crippen LogP contribution in [-0.2, 0) is 0 Å². The van der Waals surface area contributed by atoms with Crippen molar-refractivity contribution in [3.05, 3.63) is 71.5 Å². The van der Waals surface area contributed by atoms with Crippen LogP contribution in [0.1, 0.15) is 25.5 Å². The van der Waals surface area contributed by atoms with Crippen molar-refractivity contribution in [3.63, 3.8) is 0 Å². The van der Waals surface area contributed by atoms with E-state index in [-0.39, 0.29) is 6.04 Å². The second kappa shape index (κ2) is 6.41. The van der Waals surface area contributed by atoms with E-state index in [1.54, 1.807) is 0 Å². The predicted octanol–water partition coefficient (Wildman–Crippen LogP) is 5.96. The van der Waals surface area contributed by atoms with E-state index in [1.165, 1.54) is 10.9 Å². The van der Waals surface area contributed by atoms with Crippen LogP contribution >= 0.6 is 11.6 Å². The van der Waals surface area contributed by atoms with Gasteiger partial charge in [0, 0.05) is 34.1 Å². The van der Waals surface area contributed by atoms with Gasteiger partial charge in [0.1, 0.15) is 0 Å². The molecule has 0 amide bonds. The summed E-state index contributed by atoms with van der Waals surface area (Å²) < 4.78 is 0. The molecule has 126 valence electrons. The summed E-state index contributed by atoms with van der Waals surface area (Å²) in [7, 11) is 0. The second-order valence-corrected chi connectivity index (χ2v) is 6.72. The maximum absolute atomic E-state index is 6.21. The number of fused-ring (bicyclic) bond motifs is 2. The van der Waals surface area contributed by atoms with E-state index >= 15 is 0 Å². The van der Waals surface area contributed by atoms with Gasteiger partial charge in [-0.2, -0.15) is 0 Å². The first-order chi connectivity index (χ1) is 12.2. The molecule has 0 aliphatic carbocycles. The summed E-state index contributed by atoms with van der Waals surface area (Å²) in [5.74, 6) is 0. The molecule has 4 aromatic rings. The average molecular weight is 350 g/mol.